The second kappa shape index (κ2) is 11.1. The number of carbonyl (C=O) groups excluding carboxylic acids is 2. The van der Waals surface area contributed by atoms with Crippen molar-refractivity contribution in [3.05, 3.63) is 143 Å². The Balaban J connectivity index is 1.57. The van der Waals surface area contributed by atoms with Gasteiger partial charge in [-0.3, -0.25) is 24.5 Å². The Bertz CT molecular complexity index is 1520. The second-order valence-electron chi connectivity index (χ2n) is 9.38. The largest absolute Gasteiger partial charge is 0.357 e. The average Bonchev–Trinajstić information content (AvgIpc) is 3.19. The molecule has 0 unspecified atom stereocenters. The molecule has 1 amide bonds. The molecule has 1 saturated heterocycles. The minimum absolute atomic E-state index is 0.0739. The van der Waals surface area contributed by atoms with Crippen LogP contribution in [0.2, 0.25) is 0 Å². The fourth-order valence-corrected chi connectivity index (χ4v) is 4.74. The highest BCUT2D eigenvalue weighted by Crippen LogP contribution is 2.32. The van der Waals surface area contributed by atoms with Gasteiger partial charge in [0.1, 0.15) is 17.2 Å². The Hall–Kier alpha value is -5.16. The molecule has 7 nitrogen and oxygen atoms in total. The lowest BCUT2D eigenvalue weighted by atomic mass is 9.85. The van der Waals surface area contributed by atoms with Crippen LogP contribution in [0, 0.1) is 17.1 Å². The fraction of sp³-hybridized carbons (Fsp3) is 0.129. The van der Waals surface area contributed by atoms with Gasteiger partial charge in [-0.2, -0.15) is 5.26 Å². The van der Waals surface area contributed by atoms with Crippen LogP contribution >= 0.6 is 0 Å². The molecule has 1 N–H and O–H groups in total. The van der Waals surface area contributed by atoms with Crippen molar-refractivity contribution in [3.8, 4) is 6.07 Å². The summed E-state index contributed by atoms with van der Waals surface area (Å²) in [5.74, 6) is -0.658. The van der Waals surface area contributed by atoms with E-state index < -0.39 is 11.4 Å². The number of rotatable bonds is 8. The van der Waals surface area contributed by atoms with Crippen molar-refractivity contribution in [2.45, 2.75) is 24.9 Å². The number of allylic oxidation sites excluding steroid dienone is 1. The number of amides is 1. The zero-order valence-electron chi connectivity index (χ0n) is 20.9. The number of nitriles is 1. The van der Waals surface area contributed by atoms with Crippen LogP contribution < -0.4 is 5.32 Å². The highest BCUT2D eigenvalue weighted by atomic mass is 19.1. The standard InChI is InChI=1S/C31H24FN5O2/c32-27-3-1-2-25(16-27)21-37-29(17-28(38)26-6-4-24(20-33)5-7-26)36-31(30(37)39,18-22-8-12-34-13-9-22)19-23-10-14-35-15-11-23/h1-17,36H,18-19,21H2. The quantitative estimate of drug-likeness (QED) is 0.275. The highest BCUT2D eigenvalue weighted by molar-refractivity contribution is 6.06. The predicted octanol–water partition coefficient (Wildman–Crippen LogP) is 4.37. The molecule has 0 saturated carbocycles. The molecule has 2 aromatic carbocycles. The molecule has 1 aliphatic heterocycles. The molecule has 192 valence electrons. The third kappa shape index (κ3) is 5.73. The van der Waals surface area contributed by atoms with Gasteiger partial charge in [0.15, 0.2) is 5.78 Å². The molecule has 5 rings (SSSR count). The molecule has 0 atom stereocenters. The van der Waals surface area contributed by atoms with E-state index in [0.29, 0.717) is 35.4 Å². The SMILES string of the molecule is N#Cc1ccc(C(=O)C=C2NC(Cc3ccncc3)(Cc3ccncc3)C(=O)N2Cc2cccc(F)c2)cc1. The molecule has 8 heteroatoms. The molecule has 3 heterocycles. The number of hydrogen-bond donors (Lipinski definition) is 1. The second-order valence-corrected chi connectivity index (χ2v) is 9.38. The number of aromatic nitrogens is 2. The van der Waals surface area contributed by atoms with Crippen molar-refractivity contribution in [3.63, 3.8) is 0 Å². The molecule has 0 aliphatic carbocycles. The minimum Gasteiger partial charge on any atom is -0.357 e. The maximum atomic E-state index is 14.3. The highest BCUT2D eigenvalue weighted by Gasteiger charge is 2.49. The first-order valence-electron chi connectivity index (χ1n) is 12.3. The van der Waals surface area contributed by atoms with Crippen LogP contribution in [0.15, 0.2) is 109 Å². The van der Waals surface area contributed by atoms with E-state index in [1.54, 1.807) is 61.2 Å². The third-order valence-corrected chi connectivity index (χ3v) is 6.62. The molecular weight excluding hydrogens is 493 g/mol. The first-order valence-corrected chi connectivity index (χ1v) is 12.3. The number of nitrogens with zero attached hydrogens (tertiary/aromatic N) is 4. The predicted molar refractivity (Wildman–Crippen MR) is 142 cm³/mol. The van der Waals surface area contributed by atoms with Gasteiger partial charge < -0.3 is 5.32 Å². The van der Waals surface area contributed by atoms with E-state index in [1.165, 1.54) is 23.1 Å². The van der Waals surface area contributed by atoms with Gasteiger partial charge in [0.2, 0.25) is 0 Å². The van der Waals surface area contributed by atoms with E-state index in [4.69, 9.17) is 5.26 Å². The number of carbonyl (C=O) groups is 2. The van der Waals surface area contributed by atoms with Gasteiger partial charge in [-0.15, -0.1) is 0 Å². The Kier molecular flexibility index (Phi) is 7.23. The summed E-state index contributed by atoms with van der Waals surface area (Å²) < 4.78 is 14.0. The summed E-state index contributed by atoms with van der Waals surface area (Å²) in [6.07, 6.45) is 8.74. The lowest BCUT2D eigenvalue weighted by Crippen LogP contribution is -2.50. The van der Waals surface area contributed by atoms with Crippen molar-refractivity contribution in [1.29, 1.82) is 5.26 Å². The van der Waals surface area contributed by atoms with Crippen LogP contribution in [0.25, 0.3) is 0 Å². The van der Waals surface area contributed by atoms with E-state index in [2.05, 4.69) is 15.3 Å². The van der Waals surface area contributed by atoms with Crippen LogP contribution in [0.3, 0.4) is 0 Å². The summed E-state index contributed by atoms with van der Waals surface area (Å²) in [5.41, 5.74) is 2.07. The minimum atomic E-state index is -1.12. The van der Waals surface area contributed by atoms with Gasteiger partial charge in [0, 0.05) is 49.3 Å². The van der Waals surface area contributed by atoms with E-state index in [9.17, 15) is 14.0 Å². The van der Waals surface area contributed by atoms with Crippen molar-refractivity contribution in [2.75, 3.05) is 0 Å². The number of pyridine rings is 2. The van der Waals surface area contributed by atoms with Gasteiger partial charge in [0.25, 0.3) is 5.91 Å². The Morgan fingerprint density at radius 3 is 2.10 bits per heavy atom. The van der Waals surface area contributed by atoms with E-state index in [0.717, 1.165) is 11.1 Å². The Labute approximate surface area is 225 Å². The summed E-state index contributed by atoms with van der Waals surface area (Å²) in [7, 11) is 0. The van der Waals surface area contributed by atoms with Gasteiger partial charge >= 0.3 is 0 Å². The van der Waals surface area contributed by atoms with Crippen LogP contribution in [0.5, 0.6) is 0 Å². The zero-order chi connectivity index (χ0) is 27.2. The summed E-state index contributed by atoms with van der Waals surface area (Å²) in [6, 6.07) is 21.8. The number of nitrogens with one attached hydrogen (secondary N) is 1. The molecule has 0 radical (unpaired) electrons. The van der Waals surface area contributed by atoms with Crippen LogP contribution in [-0.2, 0) is 24.2 Å². The fourth-order valence-electron chi connectivity index (χ4n) is 4.74. The summed E-state index contributed by atoms with van der Waals surface area (Å²) in [5, 5.41) is 12.5. The first-order chi connectivity index (χ1) is 19.0. The lowest BCUT2D eigenvalue weighted by Gasteiger charge is -2.28. The topological polar surface area (TPSA) is 99.0 Å². The van der Waals surface area contributed by atoms with E-state index in [1.807, 2.05) is 30.3 Å². The van der Waals surface area contributed by atoms with Crippen molar-refractivity contribution in [1.82, 2.24) is 20.2 Å². The van der Waals surface area contributed by atoms with Gasteiger partial charge in [-0.25, -0.2) is 4.39 Å². The average molecular weight is 518 g/mol. The molecule has 1 aliphatic rings. The van der Waals surface area contributed by atoms with Crippen molar-refractivity contribution < 1.29 is 14.0 Å². The normalized spacial score (nSPS) is 15.1. The van der Waals surface area contributed by atoms with E-state index >= 15 is 0 Å². The van der Waals surface area contributed by atoms with Crippen LogP contribution in [0.1, 0.15) is 32.6 Å². The van der Waals surface area contributed by atoms with Gasteiger partial charge in [0.05, 0.1) is 18.2 Å². The van der Waals surface area contributed by atoms with E-state index in [-0.39, 0.29) is 18.2 Å². The van der Waals surface area contributed by atoms with Crippen LogP contribution in [0.4, 0.5) is 4.39 Å². The first kappa shape index (κ1) is 25.5. The van der Waals surface area contributed by atoms with Crippen molar-refractivity contribution in [2.24, 2.45) is 0 Å². The summed E-state index contributed by atoms with van der Waals surface area (Å²) in [4.78, 5) is 37.2. The number of hydrogen-bond acceptors (Lipinski definition) is 6. The maximum Gasteiger partial charge on any atom is 0.254 e. The van der Waals surface area contributed by atoms with Gasteiger partial charge in [-0.05, 0) is 77.4 Å². The number of halogens is 1. The number of ketones is 1. The van der Waals surface area contributed by atoms with Crippen LogP contribution in [-0.4, -0.2) is 32.1 Å². The Morgan fingerprint density at radius 2 is 1.54 bits per heavy atom. The maximum absolute atomic E-state index is 14.3. The molecule has 4 aromatic rings. The molecule has 2 aromatic heterocycles. The zero-order valence-corrected chi connectivity index (χ0v) is 20.9. The summed E-state index contributed by atoms with van der Waals surface area (Å²) >= 11 is 0. The molecular formula is C31H24FN5O2. The Morgan fingerprint density at radius 1 is 0.923 bits per heavy atom. The molecule has 0 spiro atoms. The lowest BCUT2D eigenvalue weighted by molar-refractivity contribution is -0.132. The molecule has 1 fully saturated rings. The third-order valence-electron chi connectivity index (χ3n) is 6.62. The smallest absolute Gasteiger partial charge is 0.254 e. The number of benzene rings is 2. The van der Waals surface area contributed by atoms with Crippen molar-refractivity contribution >= 4 is 11.7 Å². The molecule has 39 heavy (non-hydrogen) atoms. The monoisotopic (exact) mass is 517 g/mol. The van der Waals surface area contributed by atoms with Gasteiger partial charge in [-0.1, -0.05) is 12.1 Å². The molecule has 0 bridgehead atoms. The summed E-state index contributed by atoms with van der Waals surface area (Å²) in [6.45, 7) is 0.0739.